The van der Waals surface area contributed by atoms with Gasteiger partial charge in [-0.25, -0.2) is 8.78 Å². The van der Waals surface area contributed by atoms with Gasteiger partial charge in [0.05, 0.1) is 12.0 Å². The van der Waals surface area contributed by atoms with Crippen molar-refractivity contribution in [1.29, 1.82) is 0 Å². The van der Waals surface area contributed by atoms with Crippen molar-refractivity contribution in [1.82, 2.24) is 0 Å². The zero-order valence-corrected chi connectivity index (χ0v) is 10.5. The third kappa shape index (κ3) is 6.76. The highest BCUT2D eigenvalue weighted by Crippen LogP contribution is 2.34. The molecule has 0 heterocycles. The predicted octanol–water partition coefficient (Wildman–Crippen LogP) is 3.94. The SMILES string of the molecule is CCC(C)(C)C(=O)OCCC(F)(F)CC(F)(F)F. The van der Waals surface area contributed by atoms with Crippen LogP contribution >= 0.6 is 0 Å². The first-order valence-corrected chi connectivity index (χ1v) is 5.51. The Balaban J connectivity index is 4.16. The zero-order valence-electron chi connectivity index (χ0n) is 10.5. The van der Waals surface area contributed by atoms with Crippen LogP contribution in [0.3, 0.4) is 0 Å². The van der Waals surface area contributed by atoms with E-state index in [1.54, 1.807) is 20.8 Å². The lowest BCUT2D eigenvalue weighted by Gasteiger charge is -2.22. The Labute approximate surface area is 102 Å². The van der Waals surface area contributed by atoms with Crippen LogP contribution in [0, 0.1) is 5.41 Å². The lowest BCUT2D eigenvalue weighted by molar-refractivity contribution is -0.192. The molecular weight excluding hydrogens is 259 g/mol. The Morgan fingerprint density at radius 1 is 1.11 bits per heavy atom. The predicted molar refractivity (Wildman–Crippen MR) is 55.3 cm³/mol. The van der Waals surface area contributed by atoms with Gasteiger partial charge in [0, 0.05) is 6.42 Å². The van der Waals surface area contributed by atoms with Crippen LogP contribution in [0.1, 0.15) is 40.0 Å². The standard InChI is InChI=1S/C11H17F5O2/c1-4-9(2,3)8(17)18-6-5-10(12,13)7-11(14,15)16/h4-7H2,1-3H3. The third-order valence-electron chi connectivity index (χ3n) is 2.60. The van der Waals surface area contributed by atoms with Crippen molar-refractivity contribution in [2.75, 3.05) is 6.61 Å². The maximum Gasteiger partial charge on any atom is 0.394 e. The highest BCUT2D eigenvalue weighted by atomic mass is 19.4. The van der Waals surface area contributed by atoms with Crippen LogP contribution in [0.5, 0.6) is 0 Å². The first kappa shape index (κ1) is 17.1. The minimum Gasteiger partial charge on any atom is -0.465 e. The highest BCUT2D eigenvalue weighted by Gasteiger charge is 2.43. The molecule has 0 aliphatic carbocycles. The van der Waals surface area contributed by atoms with E-state index in [1.807, 2.05) is 0 Å². The Hall–Kier alpha value is -0.880. The molecule has 0 aliphatic heterocycles. The van der Waals surface area contributed by atoms with Crippen LogP contribution in [0.2, 0.25) is 0 Å². The number of ether oxygens (including phenoxy) is 1. The lowest BCUT2D eigenvalue weighted by atomic mass is 9.91. The van der Waals surface area contributed by atoms with Gasteiger partial charge < -0.3 is 4.74 Å². The van der Waals surface area contributed by atoms with Gasteiger partial charge in [-0.2, -0.15) is 13.2 Å². The highest BCUT2D eigenvalue weighted by molar-refractivity contribution is 5.75. The molecule has 0 rings (SSSR count). The number of carbonyl (C=O) groups is 1. The maximum atomic E-state index is 12.8. The summed E-state index contributed by atoms with van der Waals surface area (Å²) < 4.78 is 65.6. The van der Waals surface area contributed by atoms with E-state index in [2.05, 4.69) is 4.74 Å². The average Bonchev–Trinajstić information content (AvgIpc) is 2.13. The second-order valence-corrected chi connectivity index (χ2v) is 4.77. The van der Waals surface area contributed by atoms with Gasteiger partial charge in [-0.15, -0.1) is 0 Å². The number of rotatable bonds is 6. The van der Waals surface area contributed by atoms with Crippen molar-refractivity contribution in [2.24, 2.45) is 5.41 Å². The van der Waals surface area contributed by atoms with Crippen LogP contribution in [-0.2, 0) is 9.53 Å². The van der Waals surface area contributed by atoms with Crippen LogP contribution in [0.25, 0.3) is 0 Å². The normalized spacial score (nSPS) is 13.6. The van der Waals surface area contributed by atoms with Gasteiger partial charge in [0.15, 0.2) is 0 Å². The van der Waals surface area contributed by atoms with E-state index >= 15 is 0 Å². The third-order valence-corrected chi connectivity index (χ3v) is 2.60. The first-order valence-electron chi connectivity index (χ1n) is 5.51. The van der Waals surface area contributed by atoms with Crippen LogP contribution in [0.15, 0.2) is 0 Å². The summed E-state index contributed by atoms with van der Waals surface area (Å²) in [7, 11) is 0. The number of hydrogen-bond acceptors (Lipinski definition) is 2. The second kappa shape index (κ2) is 5.84. The van der Waals surface area contributed by atoms with Crippen LogP contribution in [-0.4, -0.2) is 24.7 Å². The largest absolute Gasteiger partial charge is 0.465 e. The molecule has 108 valence electrons. The molecule has 2 nitrogen and oxygen atoms in total. The van der Waals surface area contributed by atoms with E-state index in [0.717, 1.165) is 0 Å². The lowest BCUT2D eigenvalue weighted by Crippen LogP contribution is -2.30. The summed E-state index contributed by atoms with van der Waals surface area (Å²) in [4.78, 5) is 11.4. The fourth-order valence-corrected chi connectivity index (χ4v) is 1.01. The fraction of sp³-hybridized carbons (Fsp3) is 0.909. The molecule has 0 unspecified atom stereocenters. The summed E-state index contributed by atoms with van der Waals surface area (Å²) in [6, 6.07) is 0. The number of esters is 1. The molecule has 0 saturated heterocycles. The molecule has 0 aromatic rings. The maximum absolute atomic E-state index is 12.8. The van der Waals surface area contributed by atoms with E-state index in [4.69, 9.17) is 0 Å². The molecule has 7 heteroatoms. The van der Waals surface area contributed by atoms with Gasteiger partial charge in [-0.1, -0.05) is 6.92 Å². The quantitative estimate of drug-likeness (QED) is 0.542. The van der Waals surface area contributed by atoms with E-state index < -0.39 is 42.9 Å². The molecule has 0 saturated carbocycles. The van der Waals surface area contributed by atoms with E-state index in [9.17, 15) is 26.7 Å². The number of halogens is 5. The molecule has 0 spiro atoms. The molecule has 0 aliphatic rings. The summed E-state index contributed by atoms with van der Waals surface area (Å²) in [5, 5.41) is 0. The van der Waals surface area contributed by atoms with Crippen LogP contribution in [0.4, 0.5) is 22.0 Å². The first-order chi connectivity index (χ1) is 7.90. The zero-order chi connectivity index (χ0) is 14.6. The minimum absolute atomic E-state index is 0.449. The van der Waals surface area contributed by atoms with Gasteiger partial charge in [-0.3, -0.25) is 4.79 Å². The Bertz CT molecular complexity index is 284. The topological polar surface area (TPSA) is 26.3 Å². The molecule has 18 heavy (non-hydrogen) atoms. The molecule has 0 aromatic carbocycles. The molecule has 0 atom stereocenters. The van der Waals surface area contributed by atoms with Crippen molar-refractivity contribution in [3.63, 3.8) is 0 Å². The van der Waals surface area contributed by atoms with E-state index in [0.29, 0.717) is 6.42 Å². The Kier molecular flexibility index (Phi) is 5.55. The molecule has 0 radical (unpaired) electrons. The van der Waals surface area contributed by atoms with E-state index in [1.165, 1.54) is 0 Å². The molecule has 0 bridgehead atoms. The second-order valence-electron chi connectivity index (χ2n) is 4.77. The van der Waals surface area contributed by atoms with Gasteiger partial charge in [-0.05, 0) is 20.3 Å². The van der Waals surface area contributed by atoms with Crippen molar-refractivity contribution in [3.05, 3.63) is 0 Å². The molecular formula is C11H17F5O2. The van der Waals surface area contributed by atoms with Crippen LogP contribution < -0.4 is 0 Å². The molecule has 0 N–H and O–H groups in total. The number of carbonyl (C=O) groups excluding carboxylic acids is 1. The van der Waals surface area contributed by atoms with Gasteiger partial charge in [0.1, 0.15) is 6.42 Å². The van der Waals surface area contributed by atoms with Crippen molar-refractivity contribution in [3.8, 4) is 0 Å². The van der Waals surface area contributed by atoms with Gasteiger partial charge >= 0.3 is 12.1 Å². The molecule has 0 amide bonds. The minimum atomic E-state index is -4.93. The Morgan fingerprint density at radius 2 is 1.61 bits per heavy atom. The smallest absolute Gasteiger partial charge is 0.394 e. The van der Waals surface area contributed by atoms with Gasteiger partial charge in [0.25, 0.3) is 5.92 Å². The van der Waals surface area contributed by atoms with Crippen molar-refractivity contribution >= 4 is 5.97 Å². The van der Waals surface area contributed by atoms with Crippen molar-refractivity contribution in [2.45, 2.75) is 52.1 Å². The summed E-state index contributed by atoms with van der Waals surface area (Å²) in [6.45, 7) is 4.15. The summed E-state index contributed by atoms with van der Waals surface area (Å²) >= 11 is 0. The molecule has 0 aromatic heterocycles. The Morgan fingerprint density at radius 3 is 2.00 bits per heavy atom. The fourth-order valence-electron chi connectivity index (χ4n) is 1.01. The summed E-state index contributed by atoms with van der Waals surface area (Å²) in [5.41, 5.74) is -0.820. The average molecular weight is 276 g/mol. The number of hydrogen-bond donors (Lipinski definition) is 0. The molecule has 0 fully saturated rings. The monoisotopic (exact) mass is 276 g/mol. The summed E-state index contributed by atoms with van der Waals surface area (Å²) in [5.74, 6) is -4.60. The summed E-state index contributed by atoms with van der Waals surface area (Å²) in [6.07, 6.45) is -7.81. The van der Waals surface area contributed by atoms with Gasteiger partial charge in [0.2, 0.25) is 0 Å². The number of alkyl halides is 5. The van der Waals surface area contributed by atoms with Crippen molar-refractivity contribution < 1.29 is 31.5 Å². The van der Waals surface area contributed by atoms with E-state index in [-0.39, 0.29) is 0 Å².